The number of nitrogens with zero attached hydrogens (tertiary/aromatic N) is 4. The van der Waals surface area contributed by atoms with Crippen molar-refractivity contribution in [2.75, 3.05) is 0 Å². The van der Waals surface area contributed by atoms with Gasteiger partial charge in [-0.2, -0.15) is 0 Å². The first-order valence-corrected chi connectivity index (χ1v) is 30.7. The Balaban J connectivity index is 0.000000152. The van der Waals surface area contributed by atoms with Crippen LogP contribution in [0.25, 0.3) is 89.5 Å². The maximum Gasteiger partial charge on any atom is 0.212 e. The highest BCUT2D eigenvalue weighted by atomic mass is 14.9. The summed E-state index contributed by atoms with van der Waals surface area (Å²) in [5.41, 5.74) is 27.3. The monoisotopic (exact) mass is 1170 g/mol. The zero-order chi connectivity index (χ0) is 70.0. The summed E-state index contributed by atoms with van der Waals surface area (Å²) < 4.78 is 70.9. The van der Waals surface area contributed by atoms with Crippen molar-refractivity contribution in [1.82, 2.24) is 0 Å². The van der Waals surface area contributed by atoms with Crippen LogP contribution in [-0.4, -0.2) is 0 Å². The highest BCUT2D eigenvalue weighted by Crippen LogP contribution is 2.32. The summed E-state index contributed by atoms with van der Waals surface area (Å²) in [7, 11) is 8.03. The zero-order valence-corrected chi connectivity index (χ0v) is 53.9. The molecule has 0 fully saturated rings. The maximum absolute atomic E-state index is 8.38. The Morgan fingerprint density at radius 1 is 0.326 bits per heavy atom. The highest BCUT2D eigenvalue weighted by molar-refractivity contribution is 5.75. The summed E-state index contributed by atoms with van der Waals surface area (Å²) in [6.07, 6.45) is 8.91. The van der Waals surface area contributed by atoms with Crippen LogP contribution in [0.15, 0.2) is 267 Å². The van der Waals surface area contributed by atoms with Gasteiger partial charge in [0.05, 0.1) is 0 Å². The van der Waals surface area contributed by atoms with Crippen LogP contribution >= 0.6 is 0 Å². The second-order valence-corrected chi connectivity index (χ2v) is 23.2. The molecule has 4 nitrogen and oxygen atoms in total. The van der Waals surface area contributed by atoms with Crippen molar-refractivity contribution in [2.24, 2.45) is 28.2 Å². The van der Waals surface area contributed by atoms with Crippen LogP contribution in [0.2, 0.25) is 0 Å². The predicted octanol–water partition coefficient (Wildman–Crippen LogP) is 19.7. The third-order valence-electron chi connectivity index (χ3n) is 16.5. The zero-order valence-electron chi connectivity index (χ0n) is 61.9. The van der Waals surface area contributed by atoms with Crippen molar-refractivity contribution in [2.45, 2.75) is 87.3 Å². The van der Waals surface area contributed by atoms with Crippen LogP contribution < -0.4 is 18.3 Å². The SMILES string of the molecule is CCc1cc[n+](C)c(-c2ccc(-c3ccccc3)cc2C)c1.Cc1cc[n+](C)c(-c2ccc(-c3ccccc3)cc2C)c1.[2H]C([2H])([2H])C([2H])(C)c1cc[n+](C)c(-c2ccc(-c3ccccc3)cc2C)c1.[2H]C([2H])([2H])C([2H])(C)c1ccc(-c2ccc(-c3ccccc3)cc2C)[n+](C)c1. The van der Waals surface area contributed by atoms with Crippen molar-refractivity contribution < 1.29 is 29.2 Å². The molecular weight excluding hydrogens is 1080 g/mol. The smallest absolute Gasteiger partial charge is 0.201 e. The van der Waals surface area contributed by atoms with Gasteiger partial charge in [0.2, 0.25) is 22.8 Å². The van der Waals surface area contributed by atoms with Crippen molar-refractivity contribution in [1.29, 1.82) is 0 Å². The first-order valence-electron chi connectivity index (χ1n) is 34.7. The quantitative estimate of drug-likeness (QED) is 0.115. The van der Waals surface area contributed by atoms with Crippen LogP contribution in [0.1, 0.15) is 102 Å². The lowest BCUT2D eigenvalue weighted by molar-refractivity contribution is -0.661. The van der Waals surface area contributed by atoms with Gasteiger partial charge in [-0.15, -0.1) is 0 Å². The number of hydrogen-bond acceptors (Lipinski definition) is 0. The van der Waals surface area contributed by atoms with E-state index in [-0.39, 0.29) is 0 Å². The maximum atomic E-state index is 8.38. The summed E-state index contributed by atoms with van der Waals surface area (Å²) in [6.45, 7) is 11.0. The molecule has 0 amide bonds. The normalized spacial score (nSPS) is 13.8. The Kier molecular flexibility index (Phi) is 18.0. The van der Waals surface area contributed by atoms with Gasteiger partial charge in [0.1, 0.15) is 28.2 Å². The molecule has 12 rings (SSSR count). The second kappa shape index (κ2) is 29.8. The minimum Gasteiger partial charge on any atom is -0.201 e. The molecular formula is C85H90N4+4. The molecule has 446 valence electrons. The number of hydrogen-bond donors (Lipinski definition) is 0. The predicted molar refractivity (Wildman–Crippen MR) is 375 cm³/mol. The topological polar surface area (TPSA) is 15.5 Å². The molecule has 0 bridgehead atoms. The lowest BCUT2D eigenvalue weighted by Gasteiger charge is -2.10. The first kappa shape index (κ1) is 53.6. The molecule has 0 N–H and O–H groups in total. The van der Waals surface area contributed by atoms with Gasteiger partial charge in [-0.25, -0.2) is 18.3 Å². The van der Waals surface area contributed by atoms with E-state index in [1.807, 2.05) is 78.0 Å². The van der Waals surface area contributed by atoms with E-state index in [9.17, 15) is 0 Å². The average molecular weight is 1180 g/mol. The summed E-state index contributed by atoms with van der Waals surface area (Å²) >= 11 is 0. The van der Waals surface area contributed by atoms with E-state index < -0.39 is 25.5 Å². The van der Waals surface area contributed by atoms with Gasteiger partial charge in [-0.1, -0.05) is 204 Å². The fourth-order valence-corrected chi connectivity index (χ4v) is 11.3. The third-order valence-corrected chi connectivity index (χ3v) is 16.5. The Morgan fingerprint density at radius 3 is 1.04 bits per heavy atom. The van der Waals surface area contributed by atoms with Crippen LogP contribution in [-0.2, 0) is 34.6 Å². The number of benzene rings is 8. The second-order valence-electron chi connectivity index (χ2n) is 23.2. The van der Waals surface area contributed by atoms with Gasteiger partial charge in [-0.05, 0) is 167 Å². The average Bonchev–Trinajstić information content (AvgIpc) is 0.787. The van der Waals surface area contributed by atoms with Crippen molar-refractivity contribution >= 4 is 0 Å². The summed E-state index contributed by atoms with van der Waals surface area (Å²) in [5, 5.41) is 0. The molecule has 2 unspecified atom stereocenters. The Labute approximate surface area is 543 Å². The molecule has 0 aliphatic heterocycles. The molecule has 4 heteroatoms. The third kappa shape index (κ3) is 16.1. The molecule has 0 radical (unpaired) electrons. The van der Waals surface area contributed by atoms with E-state index in [2.05, 4.69) is 259 Å². The van der Waals surface area contributed by atoms with E-state index >= 15 is 0 Å². The van der Waals surface area contributed by atoms with Crippen LogP contribution in [0.5, 0.6) is 0 Å². The Morgan fingerprint density at radius 2 is 0.674 bits per heavy atom. The van der Waals surface area contributed by atoms with Crippen molar-refractivity contribution in [3.8, 4) is 89.5 Å². The Hall–Kier alpha value is -9.64. The van der Waals surface area contributed by atoms with Crippen molar-refractivity contribution in [3.05, 3.63) is 312 Å². The van der Waals surface area contributed by atoms with Gasteiger partial charge in [0.15, 0.2) is 24.8 Å². The summed E-state index contributed by atoms with van der Waals surface area (Å²) in [4.78, 5) is 0. The fourth-order valence-electron chi connectivity index (χ4n) is 11.3. The highest BCUT2D eigenvalue weighted by Gasteiger charge is 2.19. The number of pyridine rings is 4. The van der Waals surface area contributed by atoms with Gasteiger partial charge in [0.25, 0.3) is 0 Å². The largest absolute Gasteiger partial charge is 0.212 e. The van der Waals surface area contributed by atoms with Gasteiger partial charge < -0.3 is 0 Å². The fraction of sp³-hybridized carbons (Fsp3) is 0.200. The van der Waals surface area contributed by atoms with E-state index in [1.165, 1.54) is 86.4 Å². The van der Waals surface area contributed by atoms with Gasteiger partial charge >= 0.3 is 0 Å². The van der Waals surface area contributed by atoms with Crippen LogP contribution in [0, 0.1) is 34.6 Å². The Bertz CT molecular complexity index is 4680. The minimum absolute atomic E-state index is 0.479. The first-order chi connectivity index (χ1) is 46.1. The molecule has 0 aliphatic rings. The molecule has 0 saturated carbocycles. The summed E-state index contributed by atoms with van der Waals surface area (Å²) in [6, 6.07) is 83.7. The van der Waals surface area contributed by atoms with Gasteiger partial charge in [0, 0.05) is 81.2 Å². The lowest BCUT2D eigenvalue weighted by Crippen LogP contribution is -2.31. The summed E-state index contributed by atoms with van der Waals surface area (Å²) in [5.74, 6) is -3.30. The standard InChI is InChI=1S/2C22H24N.C21H22N.C20H20N/c1-16(2)20-11-13-22(23(4)15-20)21-12-10-19(14-17(21)3)18-8-6-5-7-9-18;1-16(2)19-12-13-23(4)22(15-19)21-11-10-20(14-17(21)3)18-8-6-5-7-9-18;1-4-17-12-13-22(3)21(15-17)20-11-10-19(14-16(20)2)18-8-6-5-7-9-18;1-15-11-12-21(3)20(13-15)19-10-9-18(14-16(19)2)17-7-5-4-6-8-17/h2*5-16H,1-4H3;5-15H,4H2,1-3H3;4-14H,1-3H3/q4*+1/i2*1D3,16D;;. The molecule has 2 atom stereocenters. The lowest BCUT2D eigenvalue weighted by atomic mass is 9.96. The van der Waals surface area contributed by atoms with Crippen LogP contribution in [0.3, 0.4) is 0 Å². The number of aryl methyl sites for hydroxylation is 10. The van der Waals surface area contributed by atoms with E-state index in [4.69, 9.17) is 11.0 Å². The minimum atomic E-state index is -2.39. The molecule has 4 heterocycles. The molecule has 89 heavy (non-hydrogen) atoms. The number of aromatic nitrogens is 4. The van der Waals surface area contributed by atoms with Crippen LogP contribution in [0.4, 0.5) is 0 Å². The van der Waals surface area contributed by atoms with E-state index in [1.54, 1.807) is 18.3 Å². The molecule has 12 aromatic rings. The molecule has 4 aromatic heterocycles. The molecule has 0 spiro atoms. The molecule has 0 aliphatic carbocycles. The van der Waals surface area contributed by atoms with Crippen molar-refractivity contribution in [3.63, 3.8) is 0 Å². The molecule has 8 aromatic carbocycles. The number of rotatable bonds is 11. The van der Waals surface area contributed by atoms with Gasteiger partial charge in [-0.3, -0.25) is 0 Å². The molecule has 0 saturated heterocycles. The van der Waals surface area contributed by atoms with E-state index in [0.717, 1.165) is 56.8 Å². The van der Waals surface area contributed by atoms with E-state index in [0.29, 0.717) is 11.1 Å².